The first-order valence-electron chi connectivity index (χ1n) is 10.2. The Kier molecular flexibility index (Phi) is 9.77. The van der Waals surface area contributed by atoms with Gasteiger partial charge in [-0.15, -0.1) is 0 Å². The van der Waals surface area contributed by atoms with E-state index in [2.05, 4.69) is 22.6 Å². The summed E-state index contributed by atoms with van der Waals surface area (Å²) in [5, 5.41) is 10.4. The fourth-order valence-corrected chi connectivity index (χ4v) is 3.97. The molecule has 2 aromatic carbocycles. The van der Waals surface area contributed by atoms with Crippen molar-refractivity contribution >= 4 is 34.7 Å². The van der Waals surface area contributed by atoms with Crippen LogP contribution in [-0.2, 0) is 26.3 Å². The number of esters is 1. The van der Waals surface area contributed by atoms with Crippen LogP contribution in [0.2, 0.25) is 0 Å². The van der Waals surface area contributed by atoms with Crippen molar-refractivity contribution in [2.45, 2.75) is 44.3 Å². The number of ether oxygens (including phenoxy) is 2. The number of benzene rings is 2. The van der Waals surface area contributed by atoms with Gasteiger partial charge in [-0.25, -0.2) is 4.79 Å². The largest absolute Gasteiger partial charge is 0.468 e. The second-order valence-electron chi connectivity index (χ2n) is 7.80. The molecule has 1 N–H and O–H groups in total. The lowest BCUT2D eigenvalue weighted by Crippen LogP contribution is -2.36. The van der Waals surface area contributed by atoms with Crippen molar-refractivity contribution < 1.29 is 24.2 Å². The molecule has 0 aliphatic carbocycles. The van der Waals surface area contributed by atoms with E-state index in [1.807, 2.05) is 61.5 Å². The van der Waals surface area contributed by atoms with Gasteiger partial charge in [0.1, 0.15) is 6.61 Å². The summed E-state index contributed by atoms with van der Waals surface area (Å²) < 4.78 is 11.4. The average Bonchev–Trinajstić information content (AvgIpc) is 2.77. The van der Waals surface area contributed by atoms with Crippen LogP contribution in [-0.4, -0.2) is 48.9 Å². The van der Waals surface area contributed by atoms with Crippen molar-refractivity contribution in [1.82, 2.24) is 4.90 Å². The first-order chi connectivity index (χ1) is 14.8. The second kappa shape index (κ2) is 12.0. The third-order valence-corrected chi connectivity index (χ3v) is 5.98. The van der Waals surface area contributed by atoms with Gasteiger partial charge in [-0.05, 0) is 72.0 Å². The number of rotatable bonds is 10. The highest BCUT2D eigenvalue weighted by molar-refractivity contribution is 14.1. The summed E-state index contributed by atoms with van der Waals surface area (Å²) in [6.07, 6.45) is 0.380. The van der Waals surface area contributed by atoms with Gasteiger partial charge < -0.3 is 19.5 Å². The van der Waals surface area contributed by atoms with Crippen LogP contribution >= 0.6 is 22.6 Å². The van der Waals surface area contributed by atoms with Crippen molar-refractivity contribution in [3.8, 4) is 0 Å². The van der Waals surface area contributed by atoms with Crippen LogP contribution in [0, 0.1) is 3.57 Å². The van der Waals surface area contributed by atoms with Crippen molar-refractivity contribution in [3.63, 3.8) is 0 Å². The maximum Gasteiger partial charge on any atom is 0.409 e. The predicted molar refractivity (Wildman–Crippen MR) is 128 cm³/mol. The van der Waals surface area contributed by atoms with E-state index in [9.17, 15) is 14.7 Å². The SMILES string of the molecule is COC(=O)C(C)(CCCC(O)CN(C)C(=O)OCc1ccccc1)c1cccc(I)c1. The zero-order chi connectivity index (χ0) is 22.9. The molecule has 2 atom stereocenters. The molecule has 0 bridgehead atoms. The summed E-state index contributed by atoms with van der Waals surface area (Å²) in [5.74, 6) is -0.300. The lowest BCUT2D eigenvalue weighted by Gasteiger charge is -2.28. The first kappa shape index (κ1) is 25.1. The Morgan fingerprint density at radius 3 is 2.52 bits per heavy atom. The quantitative estimate of drug-likeness (QED) is 0.355. The molecule has 0 saturated carbocycles. The highest BCUT2D eigenvalue weighted by atomic mass is 127. The summed E-state index contributed by atoms with van der Waals surface area (Å²) >= 11 is 2.22. The van der Waals surface area contributed by atoms with Crippen LogP contribution in [0.1, 0.15) is 37.3 Å². The molecule has 31 heavy (non-hydrogen) atoms. The van der Waals surface area contributed by atoms with E-state index in [0.717, 1.165) is 14.7 Å². The van der Waals surface area contributed by atoms with Gasteiger partial charge in [-0.2, -0.15) is 0 Å². The van der Waals surface area contributed by atoms with E-state index in [-0.39, 0.29) is 19.1 Å². The molecule has 6 nitrogen and oxygen atoms in total. The smallest absolute Gasteiger partial charge is 0.409 e. The number of carbonyl (C=O) groups excluding carboxylic acids is 2. The van der Waals surface area contributed by atoms with E-state index >= 15 is 0 Å². The number of carbonyl (C=O) groups is 2. The zero-order valence-corrected chi connectivity index (χ0v) is 20.4. The van der Waals surface area contributed by atoms with Crippen LogP contribution in [0.15, 0.2) is 54.6 Å². The number of nitrogens with zero attached hydrogens (tertiary/aromatic N) is 1. The van der Waals surface area contributed by atoms with Crippen molar-refractivity contribution in [1.29, 1.82) is 0 Å². The lowest BCUT2D eigenvalue weighted by atomic mass is 9.78. The Hall–Kier alpha value is -2.13. The Morgan fingerprint density at radius 1 is 1.16 bits per heavy atom. The summed E-state index contributed by atoms with van der Waals surface area (Å²) in [5.41, 5.74) is 1.00. The topological polar surface area (TPSA) is 76.1 Å². The number of halogens is 1. The highest BCUT2D eigenvalue weighted by Crippen LogP contribution is 2.32. The van der Waals surface area contributed by atoms with Gasteiger partial charge in [-0.3, -0.25) is 4.79 Å². The molecule has 0 aliphatic rings. The normalized spacial score (nSPS) is 13.7. The minimum absolute atomic E-state index is 0.159. The van der Waals surface area contributed by atoms with Crippen molar-refractivity contribution in [3.05, 3.63) is 69.3 Å². The molecule has 0 radical (unpaired) electrons. The van der Waals surface area contributed by atoms with Crippen LogP contribution in [0.25, 0.3) is 0 Å². The molecule has 0 fully saturated rings. The number of hydrogen-bond donors (Lipinski definition) is 1. The third-order valence-electron chi connectivity index (χ3n) is 5.31. The fourth-order valence-electron chi connectivity index (χ4n) is 3.42. The molecule has 2 aromatic rings. The molecule has 2 unspecified atom stereocenters. The lowest BCUT2D eigenvalue weighted by molar-refractivity contribution is -0.147. The van der Waals surface area contributed by atoms with Gasteiger partial charge >= 0.3 is 12.1 Å². The Morgan fingerprint density at radius 2 is 1.87 bits per heavy atom. The number of amides is 1. The Balaban J connectivity index is 1.85. The van der Waals surface area contributed by atoms with Gasteiger partial charge in [0.05, 0.1) is 18.6 Å². The van der Waals surface area contributed by atoms with E-state index in [1.165, 1.54) is 12.0 Å². The van der Waals surface area contributed by atoms with Crippen molar-refractivity contribution in [2.24, 2.45) is 0 Å². The average molecular weight is 539 g/mol. The molecule has 0 heterocycles. The van der Waals surface area contributed by atoms with Crippen LogP contribution < -0.4 is 0 Å². The van der Waals surface area contributed by atoms with Crippen molar-refractivity contribution in [2.75, 3.05) is 20.7 Å². The van der Waals surface area contributed by atoms with Gasteiger partial charge in [-0.1, -0.05) is 42.5 Å². The standard InChI is InChI=1S/C24H30INO5/c1-24(22(28)30-3,19-11-7-12-20(25)15-19)14-8-13-21(27)16-26(2)23(29)31-17-18-9-5-4-6-10-18/h4-7,9-12,15,21,27H,8,13-14,16-17H2,1-3H3. The number of likely N-dealkylation sites (N-methyl/N-ethyl adjacent to an activating group) is 1. The Bertz CT molecular complexity index is 860. The van der Waals surface area contributed by atoms with E-state index in [4.69, 9.17) is 9.47 Å². The number of methoxy groups -OCH3 is 1. The summed E-state index contributed by atoms with van der Waals surface area (Å²) in [4.78, 5) is 26.0. The maximum atomic E-state index is 12.5. The zero-order valence-electron chi connectivity index (χ0n) is 18.2. The highest BCUT2D eigenvalue weighted by Gasteiger charge is 2.36. The molecule has 0 aliphatic heterocycles. The molecule has 168 valence electrons. The van der Waals surface area contributed by atoms with Crippen LogP contribution in [0.5, 0.6) is 0 Å². The van der Waals surface area contributed by atoms with E-state index < -0.39 is 17.6 Å². The summed E-state index contributed by atoms with van der Waals surface area (Å²) in [6.45, 7) is 2.21. The number of aliphatic hydroxyl groups excluding tert-OH is 1. The van der Waals surface area contributed by atoms with Gasteiger partial charge in [0, 0.05) is 17.2 Å². The minimum atomic E-state index is -0.795. The van der Waals surface area contributed by atoms with Crippen LogP contribution in [0.4, 0.5) is 4.79 Å². The molecule has 1 amide bonds. The summed E-state index contributed by atoms with van der Waals surface area (Å²) in [6, 6.07) is 17.2. The molecule has 2 rings (SSSR count). The maximum absolute atomic E-state index is 12.5. The summed E-state index contributed by atoms with van der Waals surface area (Å²) in [7, 11) is 2.99. The van der Waals surface area contributed by atoms with Gasteiger partial charge in [0.15, 0.2) is 0 Å². The van der Waals surface area contributed by atoms with Gasteiger partial charge in [0.25, 0.3) is 0 Å². The number of hydrogen-bond acceptors (Lipinski definition) is 5. The monoisotopic (exact) mass is 539 g/mol. The van der Waals surface area contributed by atoms with E-state index in [0.29, 0.717) is 19.3 Å². The molecule has 0 spiro atoms. The van der Waals surface area contributed by atoms with E-state index in [1.54, 1.807) is 7.05 Å². The molecular formula is C24H30INO5. The third kappa shape index (κ3) is 7.50. The first-order valence-corrected chi connectivity index (χ1v) is 11.3. The molecule has 0 saturated heterocycles. The minimum Gasteiger partial charge on any atom is -0.468 e. The second-order valence-corrected chi connectivity index (χ2v) is 9.05. The predicted octanol–water partition coefficient (Wildman–Crippen LogP) is 4.52. The van der Waals surface area contributed by atoms with Gasteiger partial charge in [0.2, 0.25) is 0 Å². The van der Waals surface area contributed by atoms with Crippen LogP contribution in [0.3, 0.4) is 0 Å². The molecule has 0 aromatic heterocycles. The molecular weight excluding hydrogens is 509 g/mol. The molecule has 7 heteroatoms. The fraction of sp³-hybridized carbons (Fsp3) is 0.417. The Labute approximate surface area is 197 Å². The number of aliphatic hydroxyl groups is 1.